The molecule has 4 heteroatoms. The second kappa shape index (κ2) is 2.62. The van der Waals surface area contributed by atoms with Gasteiger partial charge in [0.15, 0.2) is 0 Å². The van der Waals surface area contributed by atoms with E-state index in [-0.39, 0.29) is 3.63 Å². The van der Waals surface area contributed by atoms with Gasteiger partial charge in [-0.25, -0.2) is 0 Å². The molecule has 0 aromatic carbocycles. The van der Waals surface area contributed by atoms with Crippen molar-refractivity contribution in [1.82, 2.24) is 0 Å². The van der Waals surface area contributed by atoms with E-state index in [1.807, 2.05) is 24.3 Å². The molecule has 0 radical (unpaired) electrons. The Bertz CT molecular complexity index is 178. The Balaban J connectivity index is 2.85. The molecule has 0 heterocycles. The molecule has 0 amide bonds. The molecule has 0 atom stereocenters. The summed E-state index contributed by atoms with van der Waals surface area (Å²) in [6, 6.07) is 0. The summed E-state index contributed by atoms with van der Waals surface area (Å²) in [5.74, 6) is 0. The summed E-state index contributed by atoms with van der Waals surface area (Å²) in [7, 11) is 18.1. The first-order valence-electron chi connectivity index (χ1n) is 3.02. The molecule has 0 aromatic heterocycles. The van der Waals surface area contributed by atoms with E-state index in [1.165, 1.54) is 0 Å². The summed E-state index contributed by atoms with van der Waals surface area (Å²) in [4.78, 5) is 0. The van der Waals surface area contributed by atoms with Crippen LogP contribution in [0.2, 0.25) is 8.26 Å². The van der Waals surface area contributed by atoms with Gasteiger partial charge in [-0.15, -0.1) is 0 Å². The normalized spacial score (nSPS) is 23.0. The molecule has 0 N–H and O–H groups in total. The van der Waals surface area contributed by atoms with Gasteiger partial charge in [0.2, 0.25) is 0 Å². The van der Waals surface area contributed by atoms with Gasteiger partial charge in [-0.2, -0.15) is 0 Å². The van der Waals surface area contributed by atoms with Gasteiger partial charge in [0.1, 0.15) is 0 Å². The van der Waals surface area contributed by atoms with E-state index in [0.717, 1.165) is 0 Å². The molecule has 0 unspecified atom stereocenters. The molecule has 1 rings (SSSR count). The quantitative estimate of drug-likeness (QED) is 0.677. The van der Waals surface area contributed by atoms with Crippen LogP contribution in [-0.4, -0.2) is 0 Å². The molecule has 10 heavy (non-hydrogen) atoms. The van der Waals surface area contributed by atoms with Crippen LogP contribution >= 0.6 is 25.5 Å². The van der Waals surface area contributed by atoms with Gasteiger partial charge in [0.05, 0.1) is 0 Å². The van der Waals surface area contributed by atoms with Gasteiger partial charge >= 0.3 is 73.3 Å². The number of rotatable bonds is 1. The first kappa shape index (κ1) is 9.32. The second-order valence-corrected chi connectivity index (χ2v) is 31.9. The van der Waals surface area contributed by atoms with Crippen molar-refractivity contribution >= 4 is 25.5 Å². The summed E-state index contributed by atoms with van der Waals surface area (Å²) in [5, 5.41) is 0. The van der Waals surface area contributed by atoms with E-state index in [0.29, 0.717) is 0 Å². The third-order valence-corrected chi connectivity index (χ3v) is 10.4. The van der Waals surface area contributed by atoms with Crippen molar-refractivity contribution in [3.63, 3.8) is 0 Å². The zero-order valence-corrected chi connectivity index (χ0v) is 10.2. The van der Waals surface area contributed by atoms with Crippen molar-refractivity contribution in [1.29, 1.82) is 0 Å². The number of hydrogen-bond donors (Lipinski definition) is 0. The molecule has 0 aliphatic heterocycles. The van der Waals surface area contributed by atoms with Crippen LogP contribution in [0.4, 0.5) is 0 Å². The fourth-order valence-corrected chi connectivity index (χ4v) is 5.99. The van der Waals surface area contributed by atoms with Crippen LogP contribution in [0, 0.1) is 0 Å². The Morgan fingerprint density at radius 3 is 1.70 bits per heavy atom. The van der Waals surface area contributed by atoms with Crippen molar-refractivity contribution in [3.05, 3.63) is 24.3 Å². The average molecular weight is 278 g/mol. The summed E-state index contributed by atoms with van der Waals surface area (Å²) in [6.07, 6.45) is 7.76. The van der Waals surface area contributed by atoms with Crippen molar-refractivity contribution in [3.8, 4) is 0 Å². The minimum absolute atomic E-state index is 0.103. The average Bonchev–Trinajstić information content (AvgIpc) is 2.04. The van der Waals surface area contributed by atoms with Crippen molar-refractivity contribution in [2.24, 2.45) is 0 Å². The van der Waals surface area contributed by atoms with Crippen molar-refractivity contribution in [2.45, 2.75) is 8.26 Å². The monoisotopic (exact) mass is 275 g/mol. The zero-order chi connectivity index (χ0) is 7.85. The zero-order valence-electron chi connectivity index (χ0n) is 5.52. The predicted octanol–water partition coefficient (Wildman–Crippen LogP) is 4.10. The molecule has 0 spiro atoms. The van der Waals surface area contributed by atoms with Crippen LogP contribution < -0.4 is 0 Å². The maximum absolute atomic E-state index is 6.03. The topological polar surface area (TPSA) is 0 Å². The predicted molar refractivity (Wildman–Crippen MR) is 45.5 cm³/mol. The number of hydrogen-bond acceptors (Lipinski definition) is 0. The van der Waals surface area contributed by atoms with Gasteiger partial charge in [-0.3, -0.25) is 0 Å². The van der Waals surface area contributed by atoms with Crippen LogP contribution in [0.3, 0.4) is 0 Å². The molecule has 57 valence electrons. The van der Waals surface area contributed by atoms with Gasteiger partial charge in [0, 0.05) is 0 Å². The van der Waals surface area contributed by atoms with E-state index >= 15 is 0 Å². The van der Waals surface area contributed by atoms with Crippen LogP contribution in [0.15, 0.2) is 24.3 Å². The fraction of sp³-hybridized carbons (Fsp3) is 0.333. The number of allylic oxidation sites excluding steroid dienone is 4. The Morgan fingerprint density at radius 2 is 1.50 bits per heavy atom. The standard InChI is InChI=1S/C5H5.CH3.3ClH.Zr/c1-2-4-5-3-1;;;;;/h1-5H;1H3;3*1H;/q;;;;;+3/p-3. The minimum atomic E-state index is -3.76. The van der Waals surface area contributed by atoms with E-state index in [1.54, 1.807) is 4.63 Å². The second-order valence-electron chi connectivity index (χ2n) is 2.69. The molecule has 0 fully saturated rings. The molecule has 0 saturated heterocycles. The summed E-state index contributed by atoms with van der Waals surface area (Å²) in [5.41, 5.74) is 0. The van der Waals surface area contributed by atoms with Crippen molar-refractivity contribution in [2.75, 3.05) is 0 Å². The Morgan fingerprint density at radius 1 is 1.10 bits per heavy atom. The van der Waals surface area contributed by atoms with Gasteiger partial charge in [0.25, 0.3) is 0 Å². The number of halogens is 3. The first-order valence-corrected chi connectivity index (χ1v) is 16.4. The van der Waals surface area contributed by atoms with Crippen LogP contribution in [-0.2, 0) is 15.2 Å². The maximum atomic E-state index is 6.03. The van der Waals surface area contributed by atoms with E-state index in [2.05, 4.69) is 0 Å². The van der Waals surface area contributed by atoms with Crippen LogP contribution in [0.1, 0.15) is 0 Å². The molecule has 0 saturated carbocycles. The Kier molecular flexibility index (Phi) is 2.45. The van der Waals surface area contributed by atoms with Crippen LogP contribution in [0.5, 0.6) is 0 Å². The molecule has 1 aliphatic rings. The first-order chi connectivity index (χ1) is 4.36. The van der Waals surface area contributed by atoms with Crippen molar-refractivity contribution < 1.29 is 15.2 Å². The summed E-state index contributed by atoms with van der Waals surface area (Å²) >= 11 is -3.76. The molecular formula is C6H8Cl3Zr. The van der Waals surface area contributed by atoms with E-state index < -0.39 is 15.2 Å². The van der Waals surface area contributed by atoms with Crippen LogP contribution in [0.25, 0.3) is 0 Å². The Hall–Kier alpha value is 1.23. The third kappa shape index (κ3) is 2.38. The van der Waals surface area contributed by atoms with E-state index in [9.17, 15) is 0 Å². The van der Waals surface area contributed by atoms with Gasteiger partial charge < -0.3 is 0 Å². The third-order valence-electron chi connectivity index (χ3n) is 1.46. The molecular weight excluding hydrogens is 270 g/mol. The fourth-order valence-electron chi connectivity index (χ4n) is 0.843. The Labute approximate surface area is 72.6 Å². The van der Waals surface area contributed by atoms with Gasteiger partial charge in [-0.1, -0.05) is 0 Å². The molecule has 0 bridgehead atoms. The summed E-state index contributed by atoms with van der Waals surface area (Å²) in [6.45, 7) is 0. The SMILES string of the molecule is [CH3][Zr]([Cl])([Cl])([Cl])[CH]1C=CC=C1. The van der Waals surface area contributed by atoms with E-state index in [4.69, 9.17) is 25.5 Å². The summed E-state index contributed by atoms with van der Waals surface area (Å²) < 4.78 is 1.89. The van der Waals surface area contributed by atoms with Gasteiger partial charge in [-0.05, 0) is 0 Å². The molecule has 0 aromatic rings. The molecule has 0 nitrogen and oxygen atoms in total. The molecule has 1 aliphatic carbocycles.